The molecule has 0 aromatic heterocycles. The molecule has 0 amide bonds. The van der Waals surface area contributed by atoms with Crippen LogP contribution in [0, 0.1) is 0 Å². The van der Waals surface area contributed by atoms with Gasteiger partial charge in [-0.05, 0) is 29.8 Å². The van der Waals surface area contributed by atoms with E-state index in [2.05, 4.69) is 5.16 Å². The highest BCUT2D eigenvalue weighted by Gasteiger charge is 2.28. The highest BCUT2D eigenvalue weighted by atomic mass is 35.5. The molecule has 0 heterocycles. The zero-order valence-corrected chi connectivity index (χ0v) is 10.6. The van der Waals surface area contributed by atoms with Gasteiger partial charge in [-0.15, -0.1) is 0 Å². The highest BCUT2D eigenvalue weighted by molar-refractivity contribution is 6.35. The maximum Gasteiger partial charge on any atom is 0.118 e. The van der Waals surface area contributed by atoms with Crippen LogP contribution in [-0.2, 0) is 0 Å². The fourth-order valence-electron chi connectivity index (χ4n) is 2.30. The summed E-state index contributed by atoms with van der Waals surface area (Å²) in [5.74, 6) is 0. The molecule has 18 heavy (non-hydrogen) atoms. The topological polar surface area (TPSA) is 58.6 Å². The second-order valence-electron chi connectivity index (χ2n) is 4.06. The minimum atomic E-state index is 0.441. The van der Waals surface area contributed by atoms with Crippen LogP contribution in [0.15, 0.2) is 35.5 Å². The number of oxime groups is 1. The van der Waals surface area contributed by atoms with E-state index in [0.717, 1.165) is 22.3 Å². The van der Waals surface area contributed by atoms with Crippen LogP contribution in [0.1, 0.15) is 11.1 Å². The Bertz CT molecular complexity index is 696. The molecule has 0 aliphatic heterocycles. The number of nitrogens with zero attached hydrogens (tertiary/aromatic N) is 1. The molecule has 90 valence electrons. The summed E-state index contributed by atoms with van der Waals surface area (Å²) in [4.78, 5) is 0. The summed E-state index contributed by atoms with van der Waals surface area (Å²) < 4.78 is 0. The number of nitrogen functional groups attached to an aromatic ring is 1. The van der Waals surface area contributed by atoms with E-state index in [-0.39, 0.29) is 0 Å². The number of anilines is 1. The smallest absolute Gasteiger partial charge is 0.118 e. The molecule has 0 saturated heterocycles. The van der Waals surface area contributed by atoms with Gasteiger partial charge >= 0.3 is 0 Å². The second-order valence-corrected chi connectivity index (χ2v) is 4.93. The van der Waals surface area contributed by atoms with Crippen molar-refractivity contribution in [1.29, 1.82) is 0 Å². The Hall–Kier alpha value is -1.71. The van der Waals surface area contributed by atoms with Crippen molar-refractivity contribution in [1.82, 2.24) is 0 Å². The molecule has 0 radical (unpaired) electrons. The standard InChI is InChI=1S/C13H8Cl2N2O/c14-6-1-2-8-9(3-6)13(17-18)10-4-7(15)5-11(16)12(8)10/h1-5,18H,16H2/b17-13-. The van der Waals surface area contributed by atoms with Gasteiger partial charge < -0.3 is 10.9 Å². The lowest BCUT2D eigenvalue weighted by Gasteiger charge is -2.05. The summed E-state index contributed by atoms with van der Waals surface area (Å²) in [5.41, 5.74) is 10.2. The van der Waals surface area contributed by atoms with Gasteiger partial charge in [0.05, 0.1) is 0 Å². The van der Waals surface area contributed by atoms with E-state index in [0.29, 0.717) is 21.4 Å². The van der Waals surface area contributed by atoms with Gasteiger partial charge in [0.2, 0.25) is 0 Å². The molecule has 3 nitrogen and oxygen atoms in total. The molecule has 2 aromatic carbocycles. The quantitative estimate of drug-likeness (QED) is 0.374. The van der Waals surface area contributed by atoms with Crippen molar-refractivity contribution >= 4 is 34.6 Å². The Kier molecular flexibility index (Phi) is 2.47. The number of halogens is 2. The molecular formula is C13H8Cl2N2O. The largest absolute Gasteiger partial charge is 0.410 e. The molecule has 0 bridgehead atoms. The van der Waals surface area contributed by atoms with Gasteiger partial charge in [0, 0.05) is 32.4 Å². The number of hydrogen-bond acceptors (Lipinski definition) is 3. The average molecular weight is 279 g/mol. The lowest BCUT2D eigenvalue weighted by Crippen LogP contribution is -1.98. The van der Waals surface area contributed by atoms with Crippen LogP contribution in [-0.4, -0.2) is 10.9 Å². The Morgan fingerprint density at radius 1 is 0.944 bits per heavy atom. The molecule has 0 spiro atoms. The van der Waals surface area contributed by atoms with E-state index in [1.54, 1.807) is 24.3 Å². The van der Waals surface area contributed by atoms with E-state index in [9.17, 15) is 5.21 Å². The monoisotopic (exact) mass is 278 g/mol. The molecule has 5 heteroatoms. The number of fused-ring (bicyclic) bond motifs is 3. The van der Waals surface area contributed by atoms with Crippen LogP contribution in [0.3, 0.4) is 0 Å². The van der Waals surface area contributed by atoms with Gasteiger partial charge in [0.15, 0.2) is 0 Å². The summed E-state index contributed by atoms with van der Waals surface area (Å²) in [6, 6.07) is 8.80. The number of hydrogen-bond donors (Lipinski definition) is 2. The van der Waals surface area contributed by atoms with Crippen LogP contribution in [0.25, 0.3) is 11.1 Å². The normalized spacial score (nSPS) is 14.7. The summed E-state index contributed by atoms with van der Waals surface area (Å²) in [7, 11) is 0. The summed E-state index contributed by atoms with van der Waals surface area (Å²) >= 11 is 11.9. The van der Waals surface area contributed by atoms with Crippen molar-refractivity contribution in [2.45, 2.75) is 0 Å². The lowest BCUT2D eigenvalue weighted by atomic mass is 10.0. The molecule has 0 saturated carbocycles. The lowest BCUT2D eigenvalue weighted by molar-refractivity contribution is 0.320. The van der Waals surface area contributed by atoms with Crippen molar-refractivity contribution in [3.05, 3.63) is 51.5 Å². The van der Waals surface area contributed by atoms with Gasteiger partial charge in [-0.25, -0.2) is 0 Å². The van der Waals surface area contributed by atoms with Gasteiger partial charge in [0.1, 0.15) is 5.71 Å². The minimum absolute atomic E-state index is 0.441. The van der Waals surface area contributed by atoms with Gasteiger partial charge in [0.25, 0.3) is 0 Å². The highest BCUT2D eigenvalue weighted by Crippen LogP contribution is 2.42. The predicted octanol–water partition coefficient (Wildman–Crippen LogP) is 3.78. The maximum atomic E-state index is 9.19. The van der Waals surface area contributed by atoms with Gasteiger partial charge in [-0.3, -0.25) is 0 Å². The summed E-state index contributed by atoms with van der Waals surface area (Å²) in [6.45, 7) is 0. The van der Waals surface area contributed by atoms with Crippen molar-refractivity contribution in [3.8, 4) is 11.1 Å². The molecular weight excluding hydrogens is 271 g/mol. The SMILES string of the molecule is Nc1cc(Cl)cc2c1-c1ccc(Cl)cc1/C2=N/O. The second kappa shape index (κ2) is 3.90. The van der Waals surface area contributed by atoms with E-state index in [4.69, 9.17) is 28.9 Å². The van der Waals surface area contributed by atoms with Crippen LogP contribution >= 0.6 is 23.2 Å². The zero-order valence-electron chi connectivity index (χ0n) is 9.11. The fourth-order valence-corrected chi connectivity index (χ4v) is 2.70. The zero-order chi connectivity index (χ0) is 12.9. The first-order chi connectivity index (χ1) is 8.61. The van der Waals surface area contributed by atoms with Crippen molar-refractivity contribution in [2.24, 2.45) is 5.16 Å². The predicted molar refractivity (Wildman–Crippen MR) is 73.7 cm³/mol. The van der Waals surface area contributed by atoms with Gasteiger partial charge in [-0.1, -0.05) is 34.4 Å². The first-order valence-corrected chi connectivity index (χ1v) is 5.99. The number of benzene rings is 2. The number of rotatable bonds is 0. The van der Waals surface area contributed by atoms with E-state index >= 15 is 0 Å². The molecule has 3 N–H and O–H groups in total. The molecule has 2 aromatic rings. The first kappa shape index (κ1) is 11.4. The van der Waals surface area contributed by atoms with Gasteiger partial charge in [-0.2, -0.15) is 0 Å². The minimum Gasteiger partial charge on any atom is -0.410 e. The average Bonchev–Trinajstić information content (AvgIpc) is 2.61. The number of nitrogens with two attached hydrogens (primary N) is 1. The van der Waals surface area contributed by atoms with Crippen molar-refractivity contribution in [3.63, 3.8) is 0 Å². The van der Waals surface area contributed by atoms with Crippen LogP contribution in [0.2, 0.25) is 10.0 Å². The third kappa shape index (κ3) is 1.48. The van der Waals surface area contributed by atoms with E-state index in [1.807, 2.05) is 6.07 Å². The molecule has 0 fully saturated rings. The Balaban J connectivity index is 2.42. The molecule has 1 aliphatic rings. The Morgan fingerprint density at radius 2 is 1.67 bits per heavy atom. The summed E-state index contributed by atoms with van der Waals surface area (Å²) in [6.07, 6.45) is 0. The maximum absolute atomic E-state index is 9.19. The van der Waals surface area contributed by atoms with Crippen molar-refractivity contribution < 1.29 is 5.21 Å². The summed E-state index contributed by atoms with van der Waals surface area (Å²) in [5, 5.41) is 13.6. The van der Waals surface area contributed by atoms with E-state index < -0.39 is 0 Å². The third-order valence-electron chi connectivity index (χ3n) is 2.99. The van der Waals surface area contributed by atoms with Crippen LogP contribution in [0.5, 0.6) is 0 Å². The molecule has 0 atom stereocenters. The Morgan fingerprint density at radius 3 is 2.39 bits per heavy atom. The van der Waals surface area contributed by atoms with Crippen molar-refractivity contribution in [2.75, 3.05) is 5.73 Å². The Labute approximate surface area is 113 Å². The molecule has 0 unspecified atom stereocenters. The van der Waals surface area contributed by atoms with E-state index in [1.165, 1.54) is 0 Å². The molecule has 3 rings (SSSR count). The molecule has 1 aliphatic carbocycles. The fraction of sp³-hybridized carbons (Fsp3) is 0. The first-order valence-electron chi connectivity index (χ1n) is 5.23. The van der Waals surface area contributed by atoms with Crippen LogP contribution in [0.4, 0.5) is 5.69 Å². The van der Waals surface area contributed by atoms with Crippen LogP contribution < -0.4 is 5.73 Å². The third-order valence-corrected chi connectivity index (χ3v) is 3.45.